The standard InChI is InChI=1S/C5HF6NO/c6-4(7,8)2-1-13-3(12-2)5(9,10)11/h1H. The molecule has 0 aliphatic heterocycles. The van der Waals surface area contributed by atoms with Crippen molar-refractivity contribution in [1.29, 1.82) is 0 Å². The lowest BCUT2D eigenvalue weighted by atomic mass is 10.5. The van der Waals surface area contributed by atoms with E-state index in [1.54, 1.807) is 0 Å². The highest BCUT2D eigenvalue weighted by Gasteiger charge is 2.42. The second kappa shape index (κ2) is 2.64. The van der Waals surface area contributed by atoms with E-state index in [9.17, 15) is 26.3 Å². The van der Waals surface area contributed by atoms with Crippen molar-refractivity contribution < 1.29 is 30.8 Å². The topological polar surface area (TPSA) is 26.0 Å². The first-order chi connectivity index (χ1) is 5.71. The van der Waals surface area contributed by atoms with Crippen LogP contribution in [0.4, 0.5) is 26.3 Å². The van der Waals surface area contributed by atoms with Crippen LogP contribution in [0.15, 0.2) is 10.7 Å². The first kappa shape index (κ1) is 9.87. The van der Waals surface area contributed by atoms with E-state index < -0.39 is 23.9 Å². The molecule has 0 atom stereocenters. The number of oxazole rings is 1. The highest BCUT2D eigenvalue weighted by Crippen LogP contribution is 2.33. The Labute approximate surface area is 67.2 Å². The smallest absolute Gasteiger partial charge is 0.441 e. The van der Waals surface area contributed by atoms with Gasteiger partial charge in [0, 0.05) is 0 Å². The van der Waals surface area contributed by atoms with Gasteiger partial charge in [0.2, 0.25) is 0 Å². The van der Waals surface area contributed by atoms with Crippen LogP contribution in [0.5, 0.6) is 0 Å². The van der Waals surface area contributed by atoms with Crippen LogP contribution in [0.25, 0.3) is 0 Å². The van der Waals surface area contributed by atoms with Crippen molar-refractivity contribution in [2.75, 3.05) is 0 Å². The Hall–Kier alpha value is -1.21. The Morgan fingerprint density at radius 3 is 1.77 bits per heavy atom. The molecule has 2 nitrogen and oxygen atoms in total. The van der Waals surface area contributed by atoms with Crippen LogP contribution in [0.1, 0.15) is 11.6 Å². The van der Waals surface area contributed by atoms with Gasteiger partial charge in [0.05, 0.1) is 0 Å². The zero-order valence-electron chi connectivity index (χ0n) is 5.70. The average Bonchev–Trinajstić information content (AvgIpc) is 2.28. The van der Waals surface area contributed by atoms with Crippen LogP contribution in [0.3, 0.4) is 0 Å². The summed E-state index contributed by atoms with van der Waals surface area (Å²) < 4.78 is 73.7. The van der Waals surface area contributed by atoms with Crippen molar-refractivity contribution in [1.82, 2.24) is 4.98 Å². The lowest BCUT2D eigenvalue weighted by Crippen LogP contribution is -2.09. The summed E-state index contributed by atoms with van der Waals surface area (Å²) in [6.45, 7) is 0. The van der Waals surface area contributed by atoms with Crippen LogP contribution in [0.2, 0.25) is 0 Å². The van der Waals surface area contributed by atoms with Crippen LogP contribution in [-0.4, -0.2) is 4.98 Å². The van der Waals surface area contributed by atoms with E-state index in [1.807, 2.05) is 0 Å². The summed E-state index contributed by atoms with van der Waals surface area (Å²) in [5.41, 5.74) is -1.69. The van der Waals surface area contributed by atoms with Gasteiger partial charge in [-0.25, -0.2) is 4.98 Å². The molecule has 74 valence electrons. The van der Waals surface area contributed by atoms with E-state index in [0.29, 0.717) is 0 Å². The second-order valence-electron chi connectivity index (χ2n) is 2.03. The molecular formula is C5HF6NO. The number of hydrogen-bond donors (Lipinski definition) is 0. The van der Waals surface area contributed by atoms with Gasteiger partial charge in [-0.1, -0.05) is 0 Å². The largest absolute Gasteiger partial charge is 0.468 e. The minimum Gasteiger partial charge on any atom is -0.441 e. The fourth-order valence-corrected chi connectivity index (χ4v) is 0.534. The lowest BCUT2D eigenvalue weighted by Gasteiger charge is -1.99. The number of alkyl halides is 6. The van der Waals surface area contributed by atoms with E-state index in [1.165, 1.54) is 0 Å². The molecule has 8 heteroatoms. The van der Waals surface area contributed by atoms with Crippen molar-refractivity contribution in [3.8, 4) is 0 Å². The van der Waals surface area contributed by atoms with E-state index >= 15 is 0 Å². The van der Waals surface area contributed by atoms with Crippen LogP contribution < -0.4 is 0 Å². The molecule has 1 rings (SSSR count). The Morgan fingerprint density at radius 2 is 1.54 bits per heavy atom. The summed E-state index contributed by atoms with van der Waals surface area (Å²) >= 11 is 0. The first-order valence-corrected chi connectivity index (χ1v) is 2.81. The predicted octanol–water partition coefficient (Wildman–Crippen LogP) is 2.71. The summed E-state index contributed by atoms with van der Waals surface area (Å²) in [7, 11) is 0. The molecule has 0 saturated heterocycles. The Morgan fingerprint density at radius 1 is 1.00 bits per heavy atom. The molecule has 1 aromatic rings. The summed E-state index contributed by atoms with van der Waals surface area (Å²) in [6.07, 6.45) is -10.0. The zero-order valence-corrected chi connectivity index (χ0v) is 5.70. The minimum absolute atomic E-state index is 0.0805. The molecule has 0 aliphatic rings. The molecule has 0 unspecified atom stereocenters. The van der Waals surface area contributed by atoms with Gasteiger partial charge in [0.25, 0.3) is 0 Å². The first-order valence-electron chi connectivity index (χ1n) is 2.81. The van der Waals surface area contributed by atoms with Crippen molar-refractivity contribution in [2.24, 2.45) is 0 Å². The Bertz CT molecular complexity index is 268. The van der Waals surface area contributed by atoms with E-state index in [-0.39, 0.29) is 6.26 Å². The maximum Gasteiger partial charge on any atom is 0.468 e. The van der Waals surface area contributed by atoms with Crippen molar-refractivity contribution in [3.63, 3.8) is 0 Å². The number of halogens is 6. The van der Waals surface area contributed by atoms with E-state index in [2.05, 4.69) is 9.40 Å². The normalized spacial score (nSPS) is 13.4. The van der Waals surface area contributed by atoms with Gasteiger partial charge in [0.15, 0.2) is 5.69 Å². The number of rotatable bonds is 0. The fraction of sp³-hybridized carbons (Fsp3) is 0.400. The Kier molecular flexibility index (Phi) is 2.01. The maximum absolute atomic E-state index is 11.7. The number of nitrogens with zero attached hydrogens (tertiary/aromatic N) is 1. The predicted molar refractivity (Wildman–Crippen MR) is 26.5 cm³/mol. The quantitative estimate of drug-likeness (QED) is 0.608. The monoisotopic (exact) mass is 205 g/mol. The molecule has 0 radical (unpaired) electrons. The van der Waals surface area contributed by atoms with Crippen molar-refractivity contribution in [3.05, 3.63) is 17.8 Å². The number of aromatic nitrogens is 1. The third-order valence-corrected chi connectivity index (χ3v) is 1.04. The highest BCUT2D eigenvalue weighted by molar-refractivity contribution is 5.02. The maximum atomic E-state index is 11.7. The number of hydrogen-bond acceptors (Lipinski definition) is 2. The van der Waals surface area contributed by atoms with Crippen LogP contribution >= 0.6 is 0 Å². The van der Waals surface area contributed by atoms with Gasteiger partial charge in [-0.05, 0) is 0 Å². The highest BCUT2D eigenvalue weighted by atomic mass is 19.4. The minimum atomic E-state index is -5.00. The molecule has 1 aromatic heterocycles. The van der Waals surface area contributed by atoms with E-state index in [0.717, 1.165) is 0 Å². The molecule has 0 N–H and O–H groups in total. The third kappa shape index (κ3) is 2.13. The SMILES string of the molecule is FC(F)(F)c1coc(C(F)(F)F)n1. The third-order valence-electron chi connectivity index (χ3n) is 1.04. The molecule has 0 spiro atoms. The van der Waals surface area contributed by atoms with Gasteiger partial charge in [-0.2, -0.15) is 26.3 Å². The molecule has 1 heterocycles. The van der Waals surface area contributed by atoms with Crippen molar-refractivity contribution >= 4 is 0 Å². The molecule has 13 heavy (non-hydrogen) atoms. The fourth-order valence-electron chi connectivity index (χ4n) is 0.534. The van der Waals surface area contributed by atoms with E-state index in [4.69, 9.17) is 0 Å². The van der Waals surface area contributed by atoms with Gasteiger partial charge in [-0.15, -0.1) is 0 Å². The zero-order chi connectivity index (χ0) is 10.3. The average molecular weight is 205 g/mol. The molecule has 0 aliphatic carbocycles. The van der Waals surface area contributed by atoms with Gasteiger partial charge < -0.3 is 4.42 Å². The van der Waals surface area contributed by atoms with Gasteiger partial charge in [0.1, 0.15) is 6.26 Å². The summed E-state index contributed by atoms with van der Waals surface area (Å²) in [6, 6.07) is 0. The van der Waals surface area contributed by atoms with Crippen LogP contribution in [-0.2, 0) is 12.4 Å². The van der Waals surface area contributed by atoms with Crippen LogP contribution in [0, 0.1) is 0 Å². The molecule has 0 bridgehead atoms. The van der Waals surface area contributed by atoms with Gasteiger partial charge >= 0.3 is 18.2 Å². The molecular weight excluding hydrogens is 204 g/mol. The summed E-state index contributed by atoms with van der Waals surface area (Å²) in [5, 5.41) is 0. The van der Waals surface area contributed by atoms with Crippen molar-refractivity contribution in [2.45, 2.75) is 12.4 Å². The molecule has 0 amide bonds. The lowest BCUT2D eigenvalue weighted by molar-refractivity contribution is -0.158. The Balaban J connectivity index is 3.01. The summed E-state index contributed by atoms with van der Waals surface area (Å²) in [5.74, 6) is -1.90. The molecule has 0 fully saturated rings. The molecule has 0 saturated carbocycles. The summed E-state index contributed by atoms with van der Waals surface area (Å²) in [4.78, 5) is 2.24. The second-order valence-corrected chi connectivity index (χ2v) is 2.03. The van der Waals surface area contributed by atoms with Gasteiger partial charge in [-0.3, -0.25) is 0 Å². The molecule has 0 aromatic carbocycles.